The summed E-state index contributed by atoms with van der Waals surface area (Å²) in [7, 11) is 0. The van der Waals surface area contributed by atoms with E-state index in [0.717, 1.165) is 6.54 Å². The SMILES string of the molecule is CCCCCCCCCCN[C@H](CO)C(C)C. The molecule has 0 saturated carbocycles. The summed E-state index contributed by atoms with van der Waals surface area (Å²) in [5.74, 6) is 0.522. The molecule has 0 aromatic carbocycles. The van der Waals surface area contributed by atoms with Gasteiger partial charge in [0.2, 0.25) is 0 Å². The lowest BCUT2D eigenvalue weighted by Crippen LogP contribution is -2.37. The van der Waals surface area contributed by atoms with Crippen LogP contribution >= 0.6 is 0 Å². The molecule has 2 nitrogen and oxygen atoms in total. The Morgan fingerprint density at radius 1 is 0.882 bits per heavy atom. The van der Waals surface area contributed by atoms with Crippen LogP contribution < -0.4 is 5.32 Å². The van der Waals surface area contributed by atoms with Crippen molar-refractivity contribution in [2.45, 2.75) is 78.2 Å². The zero-order chi connectivity index (χ0) is 12.9. The summed E-state index contributed by atoms with van der Waals surface area (Å²) in [6.45, 7) is 7.88. The second-order valence-corrected chi connectivity index (χ2v) is 5.46. The smallest absolute Gasteiger partial charge is 0.0587 e. The summed E-state index contributed by atoms with van der Waals surface area (Å²) in [5, 5.41) is 12.6. The lowest BCUT2D eigenvalue weighted by atomic mass is 10.0. The normalized spacial score (nSPS) is 13.2. The van der Waals surface area contributed by atoms with Crippen LogP contribution in [0.4, 0.5) is 0 Å². The zero-order valence-electron chi connectivity index (χ0n) is 12.2. The van der Waals surface area contributed by atoms with E-state index in [-0.39, 0.29) is 12.6 Å². The van der Waals surface area contributed by atoms with Crippen LogP contribution in [0.1, 0.15) is 72.1 Å². The topological polar surface area (TPSA) is 32.3 Å². The molecule has 104 valence electrons. The van der Waals surface area contributed by atoms with Crippen molar-refractivity contribution in [1.82, 2.24) is 5.32 Å². The van der Waals surface area contributed by atoms with Crippen LogP contribution in [0.5, 0.6) is 0 Å². The molecule has 0 aromatic rings. The predicted molar refractivity (Wildman–Crippen MR) is 76.3 cm³/mol. The van der Waals surface area contributed by atoms with Gasteiger partial charge in [0.25, 0.3) is 0 Å². The number of hydrogen-bond donors (Lipinski definition) is 2. The predicted octanol–water partition coefficient (Wildman–Crippen LogP) is 3.73. The average molecular weight is 243 g/mol. The Hall–Kier alpha value is -0.0800. The molecular formula is C15H33NO. The van der Waals surface area contributed by atoms with Gasteiger partial charge in [-0.05, 0) is 18.9 Å². The maximum atomic E-state index is 9.16. The first-order valence-electron chi connectivity index (χ1n) is 7.56. The molecule has 0 unspecified atom stereocenters. The van der Waals surface area contributed by atoms with E-state index in [4.69, 9.17) is 5.11 Å². The van der Waals surface area contributed by atoms with E-state index in [9.17, 15) is 0 Å². The molecule has 0 radical (unpaired) electrons. The summed E-state index contributed by atoms with van der Waals surface area (Å²) in [6.07, 6.45) is 10.9. The second-order valence-electron chi connectivity index (χ2n) is 5.46. The Labute approximate surface area is 108 Å². The van der Waals surface area contributed by atoms with Gasteiger partial charge in [0.05, 0.1) is 6.61 Å². The number of rotatable bonds is 12. The van der Waals surface area contributed by atoms with Crippen molar-refractivity contribution in [3.05, 3.63) is 0 Å². The van der Waals surface area contributed by atoms with Gasteiger partial charge >= 0.3 is 0 Å². The molecule has 0 aromatic heterocycles. The van der Waals surface area contributed by atoms with E-state index in [1.807, 2.05) is 0 Å². The first kappa shape index (κ1) is 16.9. The number of unbranched alkanes of at least 4 members (excludes halogenated alkanes) is 7. The highest BCUT2D eigenvalue weighted by molar-refractivity contribution is 4.68. The van der Waals surface area contributed by atoms with E-state index < -0.39 is 0 Å². The fourth-order valence-corrected chi connectivity index (χ4v) is 2.06. The minimum atomic E-state index is 0.259. The van der Waals surface area contributed by atoms with Crippen molar-refractivity contribution < 1.29 is 5.11 Å². The van der Waals surface area contributed by atoms with E-state index in [1.54, 1.807) is 0 Å². The second kappa shape index (κ2) is 12.4. The Kier molecular flexibility index (Phi) is 12.3. The molecule has 0 amide bonds. The van der Waals surface area contributed by atoms with Gasteiger partial charge in [0.1, 0.15) is 0 Å². The quantitative estimate of drug-likeness (QED) is 0.512. The molecule has 2 heteroatoms. The Morgan fingerprint density at radius 3 is 1.88 bits per heavy atom. The Morgan fingerprint density at radius 2 is 1.41 bits per heavy atom. The van der Waals surface area contributed by atoms with Crippen LogP contribution in [-0.2, 0) is 0 Å². The third-order valence-corrected chi connectivity index (χ3v) is 3.44. The average Bonchev–Trinajstić information content (AvgIpc) is 2.31. The molecule has 1 atom stereocenters. The molecule has 0 heterocycles. The van der Waals surface area contributed by atoms with Crippen molar-refractivity contribution in [3.63, 3.8) is 0 Å². The first-order chi connectivity index (χ1) is 8.22. The standard InChI is InChI=1S/C15H33NO/c1-4-5-6-7-8-9-10-11-12-16-15(13-17)14(2)3/h14-17H,4-13H2,1-3H3/t15-/m1/s1. The van der Waals surface area contributed by atoms with Crippen molar-refractivity contribution in [3.8, 4) is 0 Å². The van der Waals surface area contributed by atoms with Gasteiger partial charge in [-0.15, -0.1) is 0 Å². The van der Waals surface area contributed by atoms with Crippen molar-refractivity contribution in [2.75, 3.05) is 13.2 Å². The summed E-state index contributed by atoms with van der Waals surface area (Å²) < 4.78 is 0. The maximum Gasteiger partial charge on any atom is 0.0587 e. The Bertz CT molecular complexity index is 148. The highest BCUT2D eigenvalue weighted by Gasteiger charge is 2.09. The van der Waals surface area contributed by atoms with Gasteiger partial charge < -0.3 is 10.4 Å². The molecular weight excluding hydrogens is 210 g/mol. The van der Waals surface area contributed by atoms with Crippen molar-refractivity contribution in [1.29, 1.82) is 0 Å². The van der Waals surface area contributed by atoms with Crippen LogP contribution in [-0.4, -0.2) is 24.3 Å². The zero-order valence-corrected chi connectivity index (χ0v) is 12.2. The van der Waals surface area contributed by atoms with Crippen LogP contribution in [0.25, 0.3) is 0 Å². The van der Waals surface area contributed by atoms with Gasteiger partial charge in [0.15, 0.2) is 0 Å². The largest absolute Gasteiger partial charge is 0.395 e. The molecule has 0 aliphatic rings. The van der Waals surface area contributed by atoms with Gasteiger partial charge in [0, 0.05) is 6.04 Å². The third kappa shape index (κ3) is 10.8. The van der Waals surface area contributed by atoms with Gasteiger partial charge in [-0.25, -0.2) is 0 Å². The summed E-state index contributed by atoms with van der Waals surface area (Å²) >= 11 is 0. The van der Waals surface area contributed by atoms with Crippen LogP contribution in [0.2, 0.25) is 0 Å². The van der Waals surface area contributed by atoms with E-state index >= 15 is 0 Å². The van der Waals surface area contributed by atoms with Gasteiger partial charge in [-0.2, -0.15) is 0 Å². The minimum Gasteiger partial charge on any atom is -0.395 e. The number of aliphatic hydroxyl groups excluding tert-OH is 1. The van der Waals surface area contributed by atoms with Gasteiger partial charge in [-0.3, -0.25) is 0 Å². The Balaban J connectivity index is 3.17. The van der Waals surface area contributed by atoms with Crippen LogP contribution in [0.15, 0.2) is 0 Å². The molecule has 0 aliphatic heterocycles. The van der Waals surface area contributed by atoms with E-state index in [0.29, 0.717) is 5.92 Å². The van der Waals surface area contributed by atoms with E-state index in [1.165, 1.54) is 51.4 Å². The fourth-order valence-electron chi connectivity index (χ4n) is 2.06. The molecule has 0 fully saturated rings. The van der Waals surface area contributed by atoms with Crippen molar-refractivity contribution in [2.24, 2.45) is 5.92 Å². The molecule has 0 spiro atoms. The monoisotopic (exact) mass is 243 g/mol. The summed E-state index contributed by atoms with van der Waals surface area (Å²) in [4.78, 5) is 0. The van der Waals surface area contributed by atoms with Crippen LogP contribution in [0, 0.1) is 5.92 Å². The lowest BCUT2D eigenvalue weighted by molar-refractivity contribution is 0.210. The molecule has 0 saturated heterocycles. The molecule has 2 N–H and O–H groups in total. The number of hydrogen-bond acceptors (Lipinski definition) is 2. The van der Waals surface area contributed by atoms with Gasteiger partial charge in [-0.1, -0.05) is 65.7 Å². The molecule has 0 aliphatic carbocycles. The number of aliphatic hydroxyl groups is 1. The lowest BCUT2D eigenvalue weighted by Gasteiger charge is -2.19. The first-order valence-corrected chi connectivity index (χ1v) is 7.56. The highest BCUT2D eigenvalue weighted by Crippen LogP contribution is 2.08. The molecule has 0 bridgehead atoms. The summed E-state index contributed by atoms with van der Waals surface area (Å²) in [5.41, 5.74) is 0. The number of nitrogens with one attached hydrogen (secondary N) is 1. The maximum absolute atomic E-state index is 9.16. The minimum absolute atomic E-state index is 0.259. The highest BCUT2D eigenvalue weighted by atomic mass is 16.3. The molecule has 0 rings (SSSR count). The van der Waals surface area contributed by atoms with Crippen molar-refractivity contribution >= 4 is 0 Å². The van der Waals surface area contributed by atoms with Crippen LogP contribution in [0.3, 0.4) is 0 Å². The van der Waals surface area contributed by atoms with E-state index in [2.05, 4.69) is 26.1 Å². The fraction of sp³-hybridized carbons (Fsp3) is 1.00. The summed E-state index contributed by atoms with van der Waals surface area (Å²) in [6, 6.07) is 0.277. The third-order valence-electron chi connectivity index (χ3n) is 3.44. The molecule has 17 heavy (non-hydrogen) atoms.